The summed E-state index contributed by atoms with van der Waals surface area (Å²) in [5, 5.41) is 6.05. The van der Waals surface area contributed by atoms with Crippen molar-refractivity contribution in [2.24, 2.45) is 0 Å². The molecule has 0 saturated carbocycles. The molecule has 3 N–H and O–H groups in total. The van der Waals surface area contributed by atoms with Gasteiger partial charge >= 0.3 is 0 Å². The second-order valence-electron chi connectivity index (χ2n) is 6.21. The lowest BCUT2D eigenvalue weighted by Crippen LogP contribution is -2.48. The van der Waals surface area contributed by atoms with Gasteiger partial charge in [0.25, 0.3) is 0 Å². The molecule has 0 bridgehead atoms. The smallest absolute Gasteiger partial charge is 0.245 e. The highest BCUT2D eigenvalue weighted by Gasteiger charge is 2.27. The number of halogens is 2. The number of rotatable bonds is 6. The van der Waals surface area contributed by atoms with Gasteiger partial charge in [-0.2, -0.15) is 0 Å². The molecule has 0 atom stereocenters. The summed E-state index contributed by atoms with van der Waals surface area (Å²) in [5.74, 6) is -0.0466. The second-order valence-corrected chi connectivity index (χ2v) is 6.21. The molecule has 3 aromatic heterocycles. The number of carbonyl (C=O) groups excluding carboxylic acids is 1. The third-order valence-corrected chi connectivity index (χ3v) is 3.78. The summed E-state index contributed by atoms with van der Waals surface area (Å²) < 4.78 is 25.7. The number of carbonyl (C=O) groups is 1. The van der Waals surface area contributed by atoms with Crippen LogP contribution in [0.4, 0.5) is 14.6 Å². The fraction of sp³-hybridized carbons (Fsp3) is 0.294. The lowest BCUT2D eigenvalue weighted by Gasteiger charge is -2.25. The fourth-order valence-electron chi connectivity index (χ4n) is 2.48. The number of H-pyrrole nitrogens is 1. The predicted molar refractivity (Wildman–Crippen MR) is 95.9 cm³/mol. The SMILES string of the molecule is CC(C)(Nc1ccnc(-c2c[nH]c3ncc(F)cc23)n1)C(=O)NCCF.[HH]. The van der Waals surface area contributed by atoms with E-state index in [1.54, 1.807) is 26.1 Å². The molecule has 26 heavy (non-hydrogen) atoms. The number of amides is 1. The Morgan fingerprint density at radius 2 is 2.19 bits per heavy atom. The molecule has 0 aromatic carbocycles. The van der Waals surface area contributed by atoms with Crippen LogP contribution in [0.2, 0.25) is 0 Å². The van der Waals surface area contributed by atoms with Crippen LogP contribution in [0.25, 0.3) is 22.4 Å². The van der Waals surface area contributed by atoms with Gasteiger partial charge in [0.1, 0.15) is 29.5 Å². The first-order valence-corrected chi connectivity index (χ1v) is 7.99. The maximum Gasteiger partial charge on any atom is 0.245 e. The van der Waals surface area contributed by atoms with Crippen LogP contribution in [-0.4, -0.2) is 44.6 Å². The van der Waals surface area contributed by atoms with Crippen molar-refractivity contribution in [2.75, 3.05) is 18.5 Å². The van der Waals surface area contributed by atoms with E-state index in [0.29, 0.717) is 28.2 Å². The Balaban J connectivity index is 0.00000261. The van der Waals surface area contributed by atoms with Gasteiger partial charge in [-0.3, -0.25) is 4.79 Å². The zero-order chi connectivity index (χ0) is 18.7. The molecule has 1 amide bonds. The van der Waals surface area contributed by atoms with E-state index >= 15 is 0 Å². The molecule has 0 aliphatic heterocycles. The Kier molecular flexibility index (Phi) is 4.79. The number of anilines is 1. The van der Waals surface area contributed by atoms with Gasteiger partial charge < -0.3 is 15.6 Å². The fourth-order valence-corrected chi connectivity index (χ4v) is 2.48. The lowest BCUT2D eigenvalue weighted by molar-refractivity contribution is -0.124. The molecule has 0 saturated heterocycles. The van der Waals surface area contributed by atoms with Crippen molar-refractivity contribution in [2.45, 2.75) is 19.4 Å². The van der Waals surface area contributed by atoms with Crippen LogP contribution < -0.4 is 10.6 Å². The van der Waals surface area contributed by atoms with E-state index < -0.39 is 18.0 Å². The van der Waals surface area contributed by atoms with E-state index in [1.165, 1.54) is 12.3 Å². The molecule has 0 spiro atoms. The Labute approximate surface area is 149 Å². The summed E-state index contributed by atoms with van der Waals surface area (Å²) in [5.41, 5.74) is 0.110. The third-order valence-electron chi connectivity index (χ3n) is 3.78. The number of pyridine rings is 1. The van der Waals surface area contributed by atoms with E-state index in [9.17, 15) is 13.6 Å². The summed E-state index contributed by atoms with van der Waals surface area (Å²) in [6, 6.07) is 2.97. The molecule has 0 unspecified atom stereocenters. The van der Waals surface area contributed by atoms with Crippen LogP contribution in [-0.2, 0) is 4.79 Å². The van der Waals surface area contributed by atoms with Gasteiger partial charge in [0, 0.05) is 31.3 Å². The van der Waals surface area contributed by atoms with E-state index in [2.05, 4.69) is 30.6 Å². The van der Waals surface area contributed by atoms with Crippen molar-refractivity contribution in [1.29, 1.82) is 0 Å². The van der Waals surface area contributed by atoms with Crippen molar-refractivity contribution in [3.8, 4) is 11.4 Å². The van der Waals surface area contributed by atoms with Gasteiger partial charge in [0.15, 0.2) is 5.82 Å². The molecule has 138 valence electrons. The van der Waals surface area contributed by atoms with Crippen molar-refractivity contribution in [3.63, 3.8) is 0 Å². The highest BCUT2D eigenvalue weighted by Crippen LogP contribution is 2.26. The second kappa shape index (κ2) is 7.03. The molecular formula is C17H20F2N6O. The van der Waals surface area contributed by atoms with Gasteiger partial charge in [-0.25, -0.2) is 23.7 Å². The monoisotopic (exact) mass is 362 g/mol. The first kappa shape index (κ1) is 17.7. The quantitative estimate of drug-likeness (QED) is 0.627. The maximum absolute atomic E-state index is 13.5. The van der Waals surface area contributed by atoms with Gasteiger partial charge in [-0.15, -0.1) is 0 Å². The molecule has 7 nitrogen and oxygen atoms in total. The summed E-state index contributed by atoms with van der Waals surface area (Å²) in [7, 11) is 0. The molecule has 0 aliphatic carbocycles. The number of fused-ring (bicyclic) bond motifs is 1. The minimum atomic E-state index is -1.01. The Morgan fingerprint density at radius 3 is 2.96 bits per heavy atom. The van der Waals surface area contributed by atoms with E-state index in [4.69, 9.17) is 0 Å². The zero-order valence-electron chi connectivity index (χ0n) is 14.3. The van der Waals surface area contributed by atoms with Crippen LogP contribution in [0, 0.1) is 5.82 Å². The van der Waals surface area contributed by atoms with Gasteiger partial charge in [0.2, 0.25) is 5.91 Å². The van der Waals surface area contributed by atoms with Crippen molar-refractivity contribution in [1.82, 2.24) is 25.3 Å². The van der Waals surface area contributed by atoms with Gasteiger partial charge in [-0.05, 0) is 26.0 Å². The minimum Gasteiger partial charge on any atom is -0.356 e. The van der Waals surface area contributed by atoms with Crippen molar-refractivity contribution >= 4 is 22.8 Å². The standard InChI is InChI=1S/C17H18F2N6O.H2/c1-17(2,16(26)21-6-4-18)25-13-3-5-20-15(24-13)12-9-23-14-11(12)7-10(19)8-22-14;/h3,5,7-9H,4,6H2,1-2H3,(H,21,26)(H,22,23)(H,20,24,25);1H. The summed E-state index contributed by atoms with van der Waals surface area (Å²) in [4.78, 5) is 27.6. The predicted octanol–water partition coefficient (Wildman–Crippen LogP) is 2.68. The Morgan fingerprint density at radius 1 is 1.38 bits per heavy atom. The van der Waals surface area contributed by atoms with Crippen LogP contribution >= 0.6 is 0 Å². The number of aromatic nitrogens is 4. The molecule has 0 radical (unpaired) electrons. The van der Waals surface area contributed by atoms with Gasteiger partial charge in [0.05, 0.1) is 6.20 Å². The van der Waals surface area contributed by atoms with E-state index in [1.807, 2.05) is 0 Å². The average Bonchev–Trinajstić information content (AvgIpc) is 3.02. The van der Waals surface area contributed by atoms with E-state index in [-0.39, 0.29) is 13.9 Å². The van der Waals surface area contributed by atoms with Crippen molar-refractivity contribution < 1.29 is 15.0 Å². The molecule has 9 heteroatoms. The van der Waals surface area contributed by atoms with Crippen molar-refractivity contribution in [3.05, 3.63) is 36.5 Å². The Hall–Kier alpha value is -3.10. The van der Waals surface area contributed by atoms with Crippen LogP contribution in [0.5, 0.6) is 0 Å². The zero-order valence-corrected chi connectivity index (χ0v) is 14.3. The summed E-state index contributed by atoms with van der Waals surface area (Å²) >= 11 is 0. The largest absolute Gasteiger partial charge is 0.356 e. The van der Waals surface area contributed by atoms with Gasteiger partial charge in [-0.1, -0.05) is 0 Å². The third kappa shape index (κ3) is 3.61. The topological polar surface area (TPSA) is 95.6 Å². The highest BCUT2D eigenvalue weighted by molar-refractivity contribution is 5.92. The molecule has 0 fully saturated rings. The van der Waals surface area contributed by atoms with Crippen LogP contribution in [0.15, 0.2) is 30.7 Å². The first-order valence-electron chi connectivity index (χ1n) is 7.99. The van der Waals surface area contributed by atoms with E-state index in [0.717, 1.165) is 6.20 Å². The molecule has 3 rings (SSSR count). The number of hydrogen-bond acceptors (Lipinski definition) is 5. The molecule has 3 aromatic rings. The average molecular weight is 362 g/mol. The molecule has 0 aliphatic rings. The lowest BCUT2D eigenvalue weighted by atomic mass is 10.0. The summed E-state index contributed by atoms with van der Waals surface area (Å²) in [6.07, 6.45) is 4.31. The summed E-state index contributed by atoms with van der Waals surface area (Å²) in [6.45, 7) is 2.64. The number of alkyl halides is 1. The number of hydrogen-bond donors (Lipinski definition) is 3. The number of nitrogens with zero attached hydrogens (tertiary/aromatic N) is 3. The molecule has 3 heterocycles. The highest BCUT2D eigenvalue weighted by atomic mass is 19.1. The normalized spacial score (nSPS) is 11.5. The number of nitrogens with one attached hydrogen (secondary N) is 3. The van der Waals surface area contributed by atoms with Crippen LogP contribution in [0.3, 0.4) is 0 Å². The maximum atomic E-state index is 13.5. The number of aromatic amines is 1. The minimum absolute atomic E-state index is 0. The first-order chi connectivity index (χ1) is 12.4. The molecular weight excluding hydrogens is 342 g/mol. The van der Waals surface area contributed by atoms with Crippen LogP contribution in [0.1, 0.15) is 15.3 Å². The Bertz CT molecular complexity index is 946.